The Morgan fingerprint density at radius 2 is 1.73 bits per heavy atom. The Morgan fingerprint density at radius 3 is 2.38 bits per heavy atom. The zero-order valence-corrected chi connectivity index (χ0v) is 14.8. The van der Waals surface area contributed by atoms with E-state index in [1.54, 1.807) is 6.20 Å². The SMILES string of the molecule is c1cnn(C2CN(C3CCN(c4ccc(-c5ccn[nH]5)cc4)CC3)C2)c1. The lowest BCUT2D eigenvalue weighted by molar-refractivity contribution is 0.0418. The van der Waals surface area contributed by atoms with Gasteiger partial charge in [0.25, 0.3) is 0 Å². The summed E-state index contributed by atoms with van der Waals surface area (Å²) in [5, 5.41) is 11.4. The van der Waals surface area contributed by atoms with Crippen molar-refractivity contribution in [1.29, 1.82) is 0 Å². The molecule has 0 saturated carbocycles. The molecular weight excluding hydrogens is 324 g/mol. The van der Waals surface area contributed by atoms with Gasteiger partial charge < -0.3 is 4.90 Å². The van der Waals surface area contributed by atoms with E-state index in [0.717, 1.165) is 37.9 Å². The number of benzene rings is 1. The van der Waals surface area contributed by atoms with Crippen LogP contribution in [0.15, 0.2) is 55.0 Å². The molecule has 0 spiro atoms. The molecule has 2 saturated heterocycles. The molecule has 0 unspecified atom stereocenters. The highest BCUT2D eigenvalue weighted by Gasteiger charge is 2.35. The first-order chi connectivity index (χ1) is 12.9. The molecule has 3 aromatic rings. The average molecular weight is 348 g/mol. The monoisotopic (exact) mass is 348 g/mol. The normalized spacial score (nSPS) is 19.6. The fraction of sp³-hybridized carbons (Fsp3) is 0.400. The maximum absolute atomic E-state index is 4.37. The Morgan fingerprint density at radius 1 is 0.923 bits per heavy atom. The van der Waals surface area contributed by atoms with Gasteiger partial charge in [0.05, 0.1) is 11.7 Å². The van der Waals surface area contributed by atoms with Crippen molar-refractivity contribution in [3.8, 4) is 11.3 Å². The van der Waals surface area contributed by atoms with Crippen LogP contribution in [0.3, 0.4) is 0 Å². The van der Waals surface area contributed by atoms with Crippen LogP contribution in [0.2, 0.25) is 0 Å². The van der Waals surface area contributed by atoms with Gasteiger partial charge in [0.15, 0.2) is 0 Å². The third-order valence-corrected chi connectivity index (χ3v) is 5.81. The zero-order chi connectivity index (χ0) is 17.3. The summed E-state index contributed by atoms with van der Waals surface area (Å²) in [6.07, 6.45) is 8.24. The molecule has 0 aliphatic carbocycles. The van der Waals surface area contributed by atoms with Gasteiger partial charge in [0.2, 0.25) is 0 Å². The largest absolute Gasteiger partial charge is 0.371 e. The topological polar surface area (TPSA) is 53.0 Å². The van der Waals surface area contributed by atoms with E-state index < -0.39 is 0 Å². The number of likely N-dealkylation sites (tertiary alicyclic amines) is 1. The summed E-state index contributed by atoms with van der Waals surface area (Å²) in [6.45, 7) is 4.56. The quantitative estimate of drug-likeness (QED) is 0.788. The van der Waals surface area contributed by atoms with Gasteiger partial charge in [-0.05, 0) is 42.7 Å². The van der Waals surface area contributed by atoms with Crippen molar-refractivity contribution >= 4 is 5.69 Å². The Labute approximate surface area is 153 Å². The predicted octanol–water partition coefficient (Wildman–Crippen LogP) is 2.80. The lowest BCUT2D eigenvalue weighted by Crippen LogP contribution is -2.55. The van der Waals surface area contributed by atoms with Crippen LogP contribution in [0.5, 0.6) is 0 Å². The number of aromatic nitrogens is 4. The Bertz CT molecular complexity index is 810. The molecule has 2 aliphatic heterocycles. The second-order valence-corrected chi connectivity index (χ2v) is 7.33. The van der Waals surface area contributed by atoms with Crippen LogP contribution in [-0.4, -0.2) is 57.1 Å². The van der Waals surface area contributed by atoms with E-state index in [4.69, 9.17) is 0 Å². The van der Waals surface area contributed by atoms with E-state index in [2.05, 4.69) is 60.2 Å². The van der Waals surface area contributed by atoms with E-state index in [1.165, 1.54) is 24.1 Å². The minimum absolute atomic E-state index is 0.568. The minimum Gasteiger partial charge on any atom is -0.371 e. The van der Waals surface area contributed by atoms with Gasteiger partial charge >= 0.3 is 0 Å². The number of nitrogens with one attached hydrogen (secondary N) is 1. The minimum atomic E-state index is 0.568. The number of aromatic amines is 1. The van der Waals surface area contributed by atoms with Gasteiger partial charge in [-0.3, -0.25) is 14.7 Å². The molecule has 2 fully saturated rings. The Hall–Kier alpha value is -2.60. The van der Waals surface area contributed by atoms with E-state index >= 15 is 0 Å². The highest BCUT2D eigenvalue weighted by Crippen LogP contribution is 2.30. The summed E-state index contributed by atoms with van der Waals surface area (Å²) >= 11 is 0. The summed E-state index contributed by atoms with van der Waals surface area (Å²) in [5.74, 6) is 0. The van der Waals surface area contributed by atoms with Gasteiger partial charge in [-0.2, -0.15) is 10.2 Å². The lowest BCUT2D eigenvalue weighted by Gasteiger charge is -2.47. The first kappa shape index (κ1) is 15.6. The van der Waals surface area contributed by atoms with Crippen molar-refractivity contribution in [3.63, 3.8) is 0 Å². The molecule has 1 aromatic carbocycles. The van der Waals surface area contributed by atoms with E-state index in [9.17, 15) is 0 Å². The van der Waals surface area contributed by atoms with Crippen molar-refractivity contribution in [3.05, 3.63) is 55.0 Å². The van der Waals surface area contributed by atoms with Crippen molar-refractivity contribution in [2.45, 2.75) is 24.9 Å². The van der Waals surface area contributed by atoms with Gasteiger partial charge in [0, 0.05) is 56.5 Å². The Kier molecular flexibility index (Phi) is 3.97. The van der Waals surface area contributed by atoms with Crippen molar-refractivity contribution in [2.75, 3.05) is 31.1 Å². The summed E-state index contributed by atoms with van der Waals surface area (Å²) in [6, 6.07) is 14.1. The van der Waals surface area contributed by atoms with Crippen LogP contribution in [0.25, 0.3) is 11.3 Å². The molecule has 134 valence electrons. The molecular formula is C20H24N6. The highest BCUT2D eigenvalue weighted by atomic mass is 15.4. The van der Waals surface area contributed by atoms with Gasteiger partial charge in [-0.1, -0.05) is 12.1 Å². The fourth-order valence-corrected chi connectivity index (χ4v) is 4.21. The third-order valence-electron chi connectivity index (χ3n) is 5.81. The number of anilines is 1. The lowest BCUT2D eigenvalue weighted by atomic mass is 9.97. The van der Waals surface area contributed by atoms with Crippen LogP contribution in [0.4, 0.5) is 5.69 Å². The van der Waals surface area contributed by atoms with Crippen LogP contribution < -0.4 is 4.90 Å². The summed E-state index contributed by atoms with van der Waals surface area (Å²) in [5.41, 5.74) is 3.58. The maximum Gasteiger partial charge on any atom is 0.0772 e. The molecule has 6 heteroatoms. The van der Waals surface area contributed by atoms with E-state index in [0.29, 0.717) is 6.04 Å². The molecule has 1 N–H and O–H groups in total. The molecule has 0 radical (unpaired) electrons. The molecule has 6 nitrogen and oxygen atoms in total. The molecule has 2 aromatic heterocycles. The van der Waals surface area contributed by atoms with E-state index in [1.807, 2.05) is 18.3 Å². The van der Waals surface area contributed by atoms with Crippen LogP contribution in [-0.2, 0) is 0 Å². The molecule has 0 atom stereocenters. The number of H-pyrrole nitrogens is 1. The number of nitrogens with zero attached hydrogens (tertiary/aromatic N) is 5. The smallest absolute Gasteiger partial charge is 0.0772 e. The Balaban J connectivity index is 1.15. The summed E-state index contributed by atoms with van der Waals surface area (Å²) in [4.78, 5) is 5.14. The zero-order valence-electron chi connectivity index (χ0n) is 14.8. The predicted molar refractivity (Wildman–Crippen MR) is 102 cm³/mol. The summed E-state index contributed by atoms with van der Waals surface area (Å²) in [7, 11) is 0. The number of hydrogen-bond donors (Lipinski definition) is 1. The molecule has 5 rings (SSSR count). The molecule has 0 bridgehead atoms. The number of hydrogen-bond acceptors (Lipinski definition) is 4. The molecule has 0 amide bonds. The van der Waals surface area contributed by atoms with Gasteiger partial charge in [0.1, 0.15) is 0 Å². The first-order valence-electron chi connectivity index (χ1n) is 9.45. The van der Waals surface area contributed by atoms with Crippen LogP contribution in [0, 0.1) is 0 Å². The van der Waals surface area contributed by atoms with Crippen molar-refractivity contribution in [1.82, 2.24) is 24.9 Å². The number of piperidine rings is 1. The third kappa shape index (κ3) is 2.90. The van der Waals surface area contributed by atoms with Crippen molar-refractivity contribution in [2.24, 2.45) is 0 Å². The molecule has 26 heavy (non-hydrogen) atoms. The average Bonchev–Trinajstić information content (AvgIpc) is 3.36. The fourth-order valence-electron chi connectivity index (χ4n) is 4.21. The highest BCUT2D eigenvalue weighted by molar-refractivity contribution is 5.62. The van der Waals surface area contributed by atoms with Crippen LogP contribution >= 0.6 is 0 Å². The second-order valence-electron chi connectivity index (χ2n) is 7.33. The molecule has 2 aliphatic rings. The number of rotatable bonds is 4. The maximum atomic E-state index is 4.37. The van der Waals surface area contributed by atoms with Crippen LogP contribution in [0.1, 0.15) is 18.9 Å². The van der Waals surface area contributed by atoms with E-state index in [-0.39, 0.29) is 0 Å². The summed E-state index contributed by atoms with van der Waals surface area (Å²) < 4.78 is 2.10. The second kappa shape index (κ2) is 6.61. The standard InChI is InChI=1S/C20H24N6/c1-9-22-26(11-1)19-14-25(15-19)18-7-12-24(13-8-18)17-4-2-16(3-5-17)20-6-10-21-23-20/h1-6,9-11,18-19H,7-8,12-15H2,(H,21,23). The molecule has 4 heterocycles. The van der Waals surface area contributed by atoms with Gasteiger partial charge in [-0.25, -0.2) is 0 Å². The van der Waals surface area contributed by atoms with Gasteiger partial charge in [-0.15, -0.1) is 0 Å². The van der Waals surface area contributed by atoms with Crippen molar-refractivity contribution < 1.29 is 0 Å². The first-order valence-corrected chi connectivity index (χ1v) is 9.45.